The molecule has 3 atom stereocenters. The predicted octanol–water partition coefficient (Wildman–Crippen LogP) is 3.75. The summed E-state index contributed by atoms with van der Waals surface area (Å²) in [4.78, 5) is 0. The van der Waals surface area contributed by atoms with Gasteiger partial charge in [-0.25, -0.2) is 0 Å². The number of aromatic nitrogens is 2. The normalized spacial score (nSPS) is 32.2. The minimum atomic E-state index is 0.475. The van der Waals surface area contributed by atoms with Crippen LogP contribution in [-0.2, 0) is 0 Å². The van der Waals surface area contributed by atoms with E-state index in [1.165, 1.54) is 24.1 Å². The number of rotatable bonds is 2. The second-order valence-corrected chi connectivity index (χ2v) is 6.55. The Morgan fingerprint density at radius 2 is 2.06 bits per heavy atom. The molecule has 0 saturated heterocycles. The molecule has 2 saturated carbocycles. The van der Waals surface area contributed by atoms with E-state index in [9.17, 15) is 0 Å². The SMILES string of the molecule is C=C1C[C@@H]2C(c3cc(I)nn3C(C)C)[C@@H]2C1. The highest BCUT2D eigenvalue weighted by molar-refractivity contribution is 14.1. The number of hydrogen-bond acceptors (Lipinski definition) is 1. The van der Waals surface area contributed by atoms with Gasteiger partial charge in [0.15, 0.2) is 0 Å². The Morgan fingerprint density at radius 1 is 1.44 bits per heavy atom. The third kappa shape index (κ3) is 1.55. The molecule has 2 nitrogen and oxygen atoms in total. The minimum absolute atomic E-state index is 0.475. The second kappa shape index (κ2) is 3.59. The Balaban J connectivity index is 1.89. The molecule has 0 amide bonds. The summed E-state index contributed by atoms with van der Waals surface area (Å²) in [6.45, 7) is 8.53. The van der Waals surface area contributed by atoms with E-state index in [1.807, 2.05) is 0 Å². The quantitative estimate of drug-likeness (QED) is 0.597. The molecule has 0 radical (unpaired) electrons. The van der Waals surface area contributed by atoms with Gasteiger partial charge in [0.1, 0.15) is 3.70 Å². The third-order valence-electron chi connectivity index (χ3n) is 3.95. The summed E-state index contributed by atoms with van der Waals surface area (Å²) in [5, 5.41) is 4.60. The van der Waals surface area contributed by atoms with Gasteiger partial charge < -0.3 is 0 Å². The Bertz CT molecular complexity index is 433. The highest BCUT2D eigenvalue weighted by Gasteiger charge is 2.55. The molecule has 1 aromatic heterocycles. The summed E-state index contributed by atoms with van der Waals surface area (Å²) in [7, 11) is 0. The smallest absolute Gasteiger partial charge is 0.123 e. The number of fused-ring (bicyclic) bond motifs is 1. The lowest BCUT2D eigenvalue weighted by molar-refractivity contribution is 0.499. The summed E-state index contributed by atoms with van der Waals surface area (Å²) in [5.74, 6) is 2.51. The topological polar surface area (TPSA) is 17.8 Å². The fourth-order valence-corrected chi connectivity index (χ4v) is 3.78. The van der Waals surface area contributed by atoms with Crippen LogP contribution < -0.4 is 0 Å². The summed E-state index contributed by atoms with van der Waals surface area (Å²) in [6, 6.07) is 2.75. The van der Waals surface area contributed by atoms with Crippen LogP contribution in [0.1, 0.15) is 44.3 Å². The van der Waals surface area contributed by atoms with Gasteiger partial charge in [-0.05, 0) is 67.2 Å². The molecule has 0 bridgehead atoms. The van der Waals surface area contributed by atoms with E-state index in [0.717, 1.165) is 21.5 Å². The fraction of sp³-hybridized carbons (Fsp3) is 0.615. The van der Waals surface area contributed by atoms with Crippen molar-refractivity contribution >= 4 is 22.6 Å². The Labute approximate surface area is 110 Å². The summed E-state index contributed by atoms with van der Waals surface area (Å²) < 4.78 is 3.35. The lowest BCUT2D eigenvalue weighted by atomic mass is 10.1. The Morgan fingerprint density at radius 3 is 2.62 bits per heavy atom. The maximum atomic E-state index is 4.60. The van der Waals surface area contributed by atoms with E-state index in [-0.39, 0.29) is 0 Å². The molecular weight excluding hydrogens is 311 g/mol. The molecule has 1 unspecified atom stereocenters. The lowest BCUT2D eigenvalue weighted by Crippen LogP contribution is -2.08. The number of hydrogen-bond donors (Lipinski definition) is 0. The van der Waals surface area contributed by atoms with Gasteiger partial charge in [-0.2, -0.15) is 5.10 Å². The van der Waals surface area contributed by atoms with Gasteiger partial charge >= 0.3 is 0 Å². The summed E-state index contributed by atoms with van der Waals surface area (Å²) >= 11 is 2.32. The first-order valence-electron chi connectivity index (χ1n) is 5.99. The molecule has 0 spiro atoms. The summed E-state index contributed by atoms with van der Waals surface area (Å²) in [5.41, 5.74) is 2.92. The van der Waals surface area contributed by atoms with Crippen molar-refractivity contribution in [2.24, 2.45) is 11.8 Å². The number of halogens is 1. The van der Waals surface area contributed by atoms with E-state index < -0.39 is 0 Å². The molecule has 0 aliphatic heterocycles. The van der Waals surface area contributed by atoms with Gasteiger partial charge in [0.2, 0.25) is 0 Å². The van der Waals surface area contributed by atoms with Crippen molar-refractivity contribution in [3.63, 3.8) is 0 Å². The van der Waals surface area contributed by atoms with E-state index in [4.69, 9.17) is 0 Å². The minimum Gasteiger partial charge on any atom is -0.266 e. The average Bonchev–Trinajstić information content (AvgIpc) is 2.60. The van der Waals surface area contributed by atoms with Crippen molar-refractivity contribution < 1.29 is 0 Å². The van der Waals surface area contributed by atoms with Crippen LogP contribution in [0.5, 0.6) is 0 Å². The molecule has 3 rings (SSSR count). The van der Waals surface area contributed by atoms with Crippen LogP contribution in [0.25, 0.3) is 0 Å². The standard InChI is InChI=1S/C13H17IN2/c1-7(2)16-11(6-12(14)15-16)13-9-4-8(3)5-10(9)13/h6-7,9-10,13H,3-5H2,1-2H3/t9-,10+,13?. The molecule has 0 aromatic carbocycles. The first-order chi connectivity index (χ1) is 7.58. The van der Waals surface area contributed by atoms with Gasteiger partial charge in [0.05, 0.1) is 0 Å². The number of nitrogens with zero attached hydrogens (tertiary/aromatic N) is 2. The third-order valence-corrected chi connectivity index (χ3v) is 4.47. The fourth-order valence-electron chi connectivity index (χ4n) is 3.23. The average molecular weight is 328 g/mol. The molecule has 16 heavy (non-hydrogen) atoms. The molecule has 86 valence electrons. The Hall–Kier alpha value is -0.320. The zero-order chi connectivity index (χ0) is 11.4. The molecule has 1 heterocycles. The van der Waals surface area contributed by atoms with Gasteiger partial charge in [-0.15, -0.1) is 0 Å². The maximum absolute atomic E-state index is 4.60. The molecule has 1 aromatic rings. The monoisotopic (exact) mass is 328 g/mol. The van der Waals surface area contributed by atoms with Crippen LogP contribution in [0.4, 0.5) is 0 Å². The molecule has 2 aliphatic carbocycles. The van der Waals surface area contributed by atoms with E-state index >= 15 is 0 Å². The zero-order valence-corrected chi connectivity index (χ0v) is 11.9. The predicted molar refractivity (Wildman–Crippen MR) is 73.4 cm³/mol. The highest BCUT2D eigenvalue weighted by atomic mass is 127. The first kappa shape index (κ1) is 10.8. The van der Waals surface area contributed by atoms with Crippen LogP contribution >= 0.6 is 22.6 Å². The number of allylic oxidation sites excluding steroid dienone is 1. The highest BCUT2D eigenvalue weighted by Crippen LogP contribution is 2.64. The van der Waals surface area contributed by atoms with E-state index in [1.54, 1.807) is 0 Å². The van der Waals surface area contributed by atoms with Crippen molar-refractivity contribution in [1.82, 2.24) is 9.78 Å². The zero-order valence-electron chi connectivity index (χ0n) is 9.78. The van der Waals surface area contributed by atoms with Gasteiger partial charge in [-0.3, -0.25) is 4.68 Å². The van der Waals surface area contributed by atoms with Crippen molar-refractivity contribution in [2.45, 2.75) is 38.6 Å². The van der Waals surface area contributed by atoms with E-state index in [2.05, 4.69) is 58.9 Å². The van der Waals surface area contributed by atoms with Crippen LogP contribution in [0.2, 0.25) is 0 Å². The Kier molecular flexibility index (Phi) is 2.42. The largest absolute Gasteiger partial charge is 0.266 e. The van der Waals surface area contributed by atoms with Gasteiger partial charge in [0.25, 0.3) is 0 Å². The van der Waals surface area contributed by atoms with Crippen LogP contribution in [-0.4, -0.2) is 9.78 Å². The van der Waals surface area contributed by atoms with Gasteiger partial charge in [-0.1, -0.05) is 12.2 Å². The van der Waals surface area contributed by atoms with E-state index in [0.29, 0.717) is 6.04 Å². The summed E-state index contributed by atoms with van der Waals surface area (Å²) in [6.07, 6.45) is 2.49. The van der Waals surface area contributed by atoms with Crippen molar-refractivity contribution in [2.75, 3.05) is 0 Å². The van der Waals surface area contributed by atoms with Crippen molar-refractivity contribution in [3.8, 4) is 0 Å². The van der Waals surface area contributed by atoms with Crippen LogP contribution in [0, 0.1) is 15.5 Å². The molecular formula is C13H17IN2. The second-order valence-electron chi connectivity index (χ2n) is 5.44. The van der Waals surface area contributed by atoms with Crippen molar-refractivity contribution in [3.05, 3.63) is 27.6 Å². The van der Waals surface area contributed by atoms with Crippen molar-refractivity contribution in [1.29, 1.82) is 0 Å². The first-order valence-corrected chi connectivity index (χ1v) is 7.07. The van der Waals surface area contributed by atoms with Crippen LogP contribution in [0.3, 0.4) is 0 Å². The van der Waals surface area contributed by atoms with Crippen LogP contribution in [0.15, 0.2) is 18.2 Å². The van der Waals surface area contributed by atoms with Gasteiger partial charge in [0, 0.05) is 17.7 Å². The molecule has 2 fully saturated rings. The lowest BCUT2D eigenvalue weighted by Gasteiger charge is -2.12. The molecule has 3 heteroatoms. The molecule has 0 N–H and O–H groups in total. The molecule has 2 aliphatic rings. The maximum Gasteiger partial charge on any atom is 0.123 e.